The smallest absolute Gasteiger partial charge is 0.251 e. The molecule has 0 radical (unpaired) electrons. The van der Waals surface area contributed by atoms with Crippen molar-refractivity contribution in [2.24, 2.45) is 5.92 Å². The van der Waals surface area contributed by atoms with Crippen LogP contribution in [0.5, 0.6) is 0 Å². The number of sulfone groups is 1. The van der Waals surface area contributed by atoms with Crippen molar-refractivity contribution in [3.63, 3.8) is 0 Å². The van der Waals surface area contributed by atoms with Crippen molar-refractivity contribution in [2.75, 3.05) is 21.7 Å². The lowest BCUT2D eigenvalue weighted by molar-refractivity contribution is -0.117. The number of carbonyl (C=O) groups is 2. The zero-order valence-electron chi connectivity index (χ0n) is 20.6. The summed E-state index contributed by atoms with van der Waals surface area (Å²) in [6.45, 7) is 7.62. The van der Waals surface area contributed by atoms with Crippen LogP contribution >= 0.6 is 0 Å². The molecule has 0 saturated carbocycles. The molecule has 3 heterocycles. The Labute approximate surface area is 206 Å². The molecule has 0 aliphatic carbocycles. The van der Waals surface area contributed by atoms with E-state index in [1.165, 1.54) is 0 Å². The highest BCUT2D eigenvalue weighted by Crippen LogP contribution is 2.43. The number of hydrogen-bond donors (Lipinski definition) is 2. The van der Waals surface area contributed by atoms with Crippen molar-refractivity contribution in [3.8, 4) is 0 Å². The summed E-state index contributed by atoms with van der Waals surface area (Å²) < 4.78 is 23.5. The molecule has 1 saturated heterocycles. The summed E-state index contributed by atoms with van der Waals surface area (Å²) in [6.07, 6.45) is 3.31. The molecule has 1 aromatic carbocycles. The van der Waals surface area contributed by atoms with Gasteiger partial charge in [-0.3, -0.25) is 9.59 Å². The van der Waals surface area contributed by atoms with E-state index in [0.717, 1.165) is 23.4 Å². The number of benzene rings is 1. The van der Waals surface area contributed by atoms with E-state index in [1.54, 1.807) is 19.2 Å². The molecule has 2 N–H and O–H groups in total. The Morgan fingerprint density at radius 1 is 1.17 bits per heavy atom. The molecule has 0 unspecified atom stereocenters. The van der Waals surface area contributed by atoms with Gasteiger partial charge in [0.25, 0.3) is 5.91 Å². The van der Waals surface area contributed by atoms with Gasteiger partial charge < -0.3 is 15.5 Å². The van der Waals surface area contributed by atoms with Gasteiger partial charge in [0, 0.05) is 48.1 Å². The van der Waals surface area contributed by atoms with Gasteiger partial charge in [-0.2, -0.15) is 0 Å². The van der Waals surface area contributed by atoms with Gasteiger partial charge in [-0.25, -0.2) is 18.4 Å². The van der Waals surface area contributed by atoms with Crippen LogP contribution in [0.4, 0.5) is 11.6 Å². The quantitative estimate of drug-likeness (QED) is 0.648. The third kappa shape index (κ3) is 5.32. The predicted molar refractivity (Wildman–Crippen MR) is 135 cm³/mol. The summed E-state index contributed by atoms with van der Waals surface area (Å²) >= 11 is 0. The summed E-state index contributed by atoms with van der Waals surface area (Å²) in [5.41, 5.74) is 2.92. The van der Waals surface area contributed by atoms with E-state index in [0.29, 0.717) is 24.4 Å². The maximum Gasteiger partial charge on any atom is 0.251 e. The van der Waals surface area contributed by atoms with Gasteiger partial charge in [0.15, 0.2) is 0 Å². The average molecular weight is 500 g/mol. The summed E-state index contributed by atoms with van der Waals surface area (Å²) in [5.74, 6) is 0.417. The lowest BCUT2D eigenvalue weighted by Gasteiger charge is -2.45. The first-order valence-electron chi connectivity index (χ1n) is 12.1. The first-order chi connectivity index (χ1) is 16.6. The van der Waals surface area contributed by atoms with Crippen LogP contribution in [-0.2, 0) is 14.6 Å². The monoisotopic (exact) mass is 499 g/mol. The second kappa shape index (κ2) is 9.93. The Balaban J connectivity index is 1.68. The number of nitrogens with one attached hydrogen (secondary N) is 2. The van der Waals surface area contributed by atoms with Crippen molar-refractivity contribution in [1.82, 2.24) is 15.3 Å². The van der Waals surface area contributed by atoms with Gasteiger partial charge in [-0.1, -0.05) is 13.8 Å². The molecule has 9 nitrogen and oxygen atoms in total. The molecule has 2 aliphatic rings. The molecular weight excluding hydrogens is 466 g/mol. The van der Waals surface area contributed by atoms with E-state index < -0.39 is 9.84 Å². The largest absolute Gasteiger partial charge is 0.349 e. The highest BCUT2D eigenvalue weighted by molar-refractivity contribution is 7.91. The second-order valence-corrected chi connectivity index (χ2v) is 11.8. The first kappa shape index (κ1) is 25.1. The maximum absolute atomic E-state index is 13.1. The number of nitrogens with zero attached hydrogens (tertiary/aromatic N) is 3. The van der Waals surface area contributed by atoms with E-state index in [4.69, 9.17) is 0 Å². The van der Waals surface area contributed by atoms with Crippen LogP contribution in [0.1, 0.15) is 67.7 Å². The molecule has 188 valence electrons. The number of amides is 2. The molecular formula is C25H33N5O4S. The number of anilines is 2. The van der Waals surface area contributed by atoms with Crippen LogP contribution < -0.4 is 15.5 Å². The zero-order chi connectivity index (χ0) is 25.3. The molecule has 2 aliphatic heterocycles. The van der Waals surface area contributed by atoms with Crippen LogP contribution in [0, 0.1) is 12.8 Å². The van der Waals surface area contributed by atoms with E-state index >= 15 is 0 Å². The van der Waals surface area contributed by atoms with Crippen LogP contribution in [0.25, 0.3) is 0 Å². The maximum atomic E-state index is 13.1. The molecule has 2 amide bonds. The van der Waals surface area contributed by atoms with Gasteiger partial charge in [-0.15, -0.1) is 0 Å². The number of rotatable bonds is 5. The van der Waals surface area contributed by atoms with Crippen molar-refractivity contribution in [3.05, 3.63) is 47.3 Å². The minimum Gasteiger partial charge on any atom is -0.349 e. The Bertz CT molecular complexity index is 1220. The van der Waals surface area contributed by atoms with E-state index in [9.17, 15) is 18.0 Å². The number of carbonyl (C=O) groups excluding carboxylic acids is 2. The van der Waals surface area contributed by atoms with Gasteiger partial charge in [0.2, 0.25) is 11.9 Å². The summed E-state index contributed by atoms with van der Waals surface area (Å²) in [7, 11) is -3.01. The van der Waals surface area contributed by atoms with Gasteiger partial charge in [-0.05, 0) is 56.0 Å². The third-order valence-electron chi connectivity index (χ3n) is 7.08. The summed E-state index contributed by atoms with van der Waals surface area (Å²) in [6, 6.07) is 6.81. The first-order valence-corrected chi connectivity index (χ1v) is 13.9. The standard InChI is InChI=1S/C25H33N5O4S/c1-5-21-16(3)23(29-25-26-11-8-15(2)27-25)20-14-18(6-7-22(20)30(21)17(4)31)24(32)28-19-9-12-35(33,34)13-10-19/h6-8,11,14,16,19,21,23H,5,9-10,12-13H2,1-4H3,(H,28,32)(H,26,27,29)/t16-,21-,23+/m0/s1. The van der Waals surface area contributed by atoms with Gasteiger partial charge in [0.05, 0.1) is 17.5 Å². The molecule has 0 spiro atoms. The molecule has 1 fully saturated rings. The van der Waals surface area contributed by atoms with Gasteiger partial charge in [0.1, 0.15) is 9.84 Å². The van der Waals surface area contributed by atoms with Crippen molar-refractivity contribution >= 4 is 33.3 Å². The van der Waals surface area contributed by atoms with Crippen molar-refractivity contribution in [1.29, 1.82) is 0 Å². The highest BCUT2D eigenvalue weighted by atomic mass is 32.2. The predicted octanol–water partition coefficient (Wildman–Crippen LogP) is 3.03. The molecule has 3 atom stereocenters. The lowest BCUT2D eigenvalue weighted by atomic mass is 9.80. The molecule has 4 rings (SSSR count). The topological polar surface area (TPSA) is 121 Å². The van der Waals surface area contributed by atoms with E-state index in [-0.39, 0.29) is 47.4 Å². The van der Waals surface area contributed by atoms with Crippen LogP contribution in [0.3, 0.4) is 0 Å². The molecule has 0 bridgehead atoms. The molecule has 1 aromatic heterocycles. The van der Waals surface area contributed by atoms with E-state index in [1.807, 2.05) is 30.0 Å². The minimum absolute atomic E-state index is 0.0221. The SMILES string of the molecule is CC[C@H]1[C@H](C)[C@@H](Nc2nccc(C)n2)c2cc(C(=O)NC3CCS(=O)(=O)CC3)ccc2N1C(C)=O. The van der Waals surface area contributed by atoms with Crippen molar-refractivity contribution < 1.29 is 18.0 Å². The minimum atomic E-state index is -3.01. The zero-order valence-corrected chi connectivity index (χ0v) is 21.4. The lowest BCUT2D eigenvalue weighted by Crippen LogP contribution is -2.50. The Morgan fingerprint density at radius 2 is 1.89 bits per heavy atom. The highest BCUT2D eigenvalue weighted by Gasteiger charge is 2.40. The molecule has 35 heavy (non-hydrogen) atoms. The van der Waals surface area contributed by atoms with Crippen LogP contribution in [0.2, 0.25) is 0 Å². The third-order valence-corrected chi connectivity index (χ3v) is 8.79. The van der Waals surface area contributed by atoms with Gasteiger partial charge >= 0.3 is 0 Å². The molecule has 2 aromatic rings. The Morgan fingerprint density at radius 3 is 2.51 bits per heavy atom. The fourth-order valence-corrected chi connectivity index (χ4v) is 6.70. The normalized spacial score (nSPS) is 23.9. The van der Waals surface area contributed by atoms with Crippen LogP contribution in [0.15, 0.2) is 30.5 Å². The van der Waals surface area contributed by atoms with Crippen molar-refractivity contribution in [2.45, 2.75) is 65.1 Å². The summed E-state index contributed by atoms with van der Waals surface area (Å²) in [4.78, 5) is 36.5. The molecule has 10 heteroatoms. The fraction of sp³-hybridized carbons (Fsp3) is 0.520. The Hall–Kier alpha value is -3.01. The number of hydrogen-bond acceptors (Lipinski definition) is 7. The van der Waals surface area contributed by atoms with Crippen LogP contribution in [-0.4, -0.2) is 53.8 Å². The fourth-order valence-electron chi connectivity index (χ4n) is 5.21. The number of fused-ring (bicyclic) bond motifs is 1. The summed E-state index contributed by atoms with van der Waals surface area (Å²) in [5, 5.41) is 6.44. The second-order valence-electron chi connectivity index (χ2n) is 9.54. The average Bonchev–Trinajstić information content (AvgIpc) is 2.81. The number of aryl methyl sites for hydroxylation is 1. The number of aromatic nitrogens is 2. The van der Waals surface area contributed by atoms with E-state index in [2.05, 4.69) is 34.4 Å². The Kier molecular flexibility index (Phi) is 7.12.